The summed E-state index contributed by atoms with van der Waals surface area (Å²) < 4.78 is 19.2. The number of nitro benzene ring substituents is 1. The highest BCUT2D eigenvalue weighted by Crippen LogP contribution is 2.25. The summed E-state index contributed by atoms with van der Waals surface area (Å²) in [5.74, 6) is -1.48. The van der Waals surface area contributed by atoms with E-state index in [0.717, 1.165) is 0 Å². The number of non-ortho nitro benzene ring substituents is 1. The van der Waals surface area contributed by atoms with E-state index in [2.05, 4.69) is 20.7 Å². The summed E-state index contributed by atoms with van der Waals surface area (Å²) >= 11 is 3.11. The first kappa shape index (κ1) is 16.8. The first-order valence-corrected chi connectivity index (χ1v) is 7.22. The number of ether oxygens (including phenoxy) is 1. The summed E-state index contributed by atoms with van der Waals surface area (Å²) in [5, 5.41) is 10.6. The van der Waals surface area contributed by atoms with Crippen LogP contribution in [0.5, 0.6) is 0 Å². The molecule has 0 aliphatic heterocycles. The zero-order valence-corrected chi connectivity index (χ0v) is 13.5. The second-order valence-corrected chi connectivity index (χ2v) is 5.35. The number of nitro groups is 1. The van der Waals surface area contributed by atoms with Crippen molar-refractivity contribution in [3.05, 3.63) is 73.5 Å². The van der Waals surface area contributed by atoms with Crippen LogP contribution in [0.1, 0.15) is 21.5 Å². The molecule has 7 heteroatoms. The molecule has 5 nitrogen and oxygen atoms in total. The van der Waals surface area contributed by atoms with Gasteiger partial charge in [-0.2, -0.15) is 0 Å². The van der Waals surface area contributed by atoms with Crippen molar-refractivity contribution in [2.24, 2.45) is 0 Å². The number of halogens is 2. The number of nitrogens with zero attached hydrogens (tertiary/aromatic N) is 1. The van der Waals surface area contributed by atoms with Gasteiger partial charge in [0.05, 0.1) is 12.0 Å². The summed E-state index contributed by atoms with van der Waals surface area (Å²) in [6.07, 6.45) is 3.08. The van der Waals surface area contributed by atoms with Gasteiger partial charge in [-0.3, -0.25) is 10.1 Å². The summed E-state index contributed by atoms with van der Waals surface area (Å²) in [6, 6.07) is 8.87. The number of carbonyl (C=O) groups is 1. The van der Waals surface area contributed by atoms with Gasteiger partial charge in [0.2, 0.25) is 0 Å². The Kier molecular flexibility index (Phi) is 5.23. The Morgan fingerprint density at radius 1 is 1.22 bits per heavy atom. The van der Waals surface area contributed by atoms with Gasteiger partial charge in [0.25, 0.3) is 5.69 Å². The summed E-state index contributed by atoms with van der Waals surface area (Å²) in [4.78, 5) is 21.7. The van der Waals surface area contributed by atoms with Crippen molar-refractivity contribution in [3.8, 4) is 0 Å². The van der Waals surface area contributed by atoms with Gasteiger partial charge in [-0.15, -0.1) is 0 Å². The number of rotatable bonds is 4. The maximum absolute atomic E-state index is 14.4. The smallest absolute Gasteiger partial charge is 0.342 e. The van der Waals surface area contributed by atoms with E-state index < -0.39 is 16.7 Å². The lowest BCUT2D eigenvalue weighted by atomic mass is 10.1. The van der Waals surface area contributed by atoms with Crippen LogP contribution < -0.4 is 0 Å². The first-order chi connectivity index (χ1) is 10.9. The van der Waals surface area contributed by atoms with Gasteiger partial charge in [-0.05, 0) is 39.7 Å². The summed E-state index contributed by atoms with van der Waals surface area (Å²) in [5.41, 5.74) is 0.660. The molecule has 0 radical (unpaired) electrons. The molecule has 0 bridgehead atoms. The SMILES string of the molecule is COC(=O)c1c(Br)ccc(/C=C/c2ccc([N+](=O)[O-])cc2)c1F. The lowest BCUT2D eigenvalue weighted by Gasteiger charge is -2.06. The molecule has 0 amide bonds. The molecular formula is C16H11BrFNO4. The van der Waals surface area contributed by atoms with E-state index in [0.29, 0.717) is 10.0 Å². The molecule has 23 heavy (non-hydrogen) atoms. The van der Waals surface area contributed by atoms with E-state index in [1.165, 1.54) is 31.4 Å². The van der Waals surface area contributed by atoms with E-state index in [4.69, 9.17) is 0 Å². The van der Waals surface area contributed by atoms with Crippen molar-refractivity contribution in [1.29, 1.82) is 0 Å². The topological polar surface area (TPSA) is 69.4 Å². The predicted molar refractivity (Wildman–Crippen MR) is 87.5 cm³/mol. The maximum Gasteiger partial charge on any atom is 0.342 e. The van der Waals surface area contributed by atoms with Crippen LogP contribution in [0.2, 0.25) is 0 Å². The minimum Gasteiger partial charge on any atom is -0.465 e. The van der Waals surface area contributed by atoms with E-state index >= 15 is 0 Å². The summed E-state index contributed by atoms with van der Waals surface area (Å²) in [7, 11) is 1.17. The lowest BCUT2D eigenvalue weighted by Crippen LogP contribution is -2.06. The molecule has 0 unspecified atom stereocenters. The van der Waals surface area contributed by atoms with Crippen LogP contribution in [0.4, 0.5) is 10.1 Å². The molecule has 0 aliphatic carbocycles. The van der Waals surface area contributed by atoms with Crippen LogP contribution in [0.25, 0.3) is 12.2 Å². The molecule has 2 rings (SSSR count). The molecule has 0 saturated heterocycles. The third kappa shape index (κ3) is 3.81. The minimum absolute atomic E-state index is 0.0232. The van der Waals surface area contributed by atoms with Crippen LogP contribution in [-0.4, -0.2) is 18.0 Å². The first-order valence-electron chi connectivity index (χ1n) is 6.43. The Hall–Kier alpha value is -2.54. The quantitative estimate of drug-likeness (QED) is 0.340. The van der Waals surface area contributed by atoms with Gasteiger partial charge in [0.15, 0.2) is 0 Å². The third-order valence-corrected chi connectivity index (χ3v) is 3.73. The van der Waals surface area contributed by atoms with Crippen LogP contribution in [0, 0.1) is 15.9 Å². The molecule has 2 aromatic carbocycles. The normalized spacial score (nSPS) is 10.7. The van der Waals surface area contributed by atoms with E-state index in [9.17, 15) is 19.3 Å². The van der Waals surface area contributed by atoms with Gasteiger partial charge in [-0.1, -0.05) is 18.2 Å². The fourth-order valence-corrected chi connectivity index (χ4v) is 2.35. The highest BCUT2D eigenvalue weighted by atomic mass is 79.9. The third-order valence-electron chi connectivity index (χ3n) is 3.07. The monoisotopic (exact) mass is 379 g/mol. The highest BCUT2D eigenvalue weighted by molar-refractivity contribution is 9.10. The largest absolute Gasteiger partial charge is 0.465 e. The molecular weight excluding hydrogens is 369 g/mol. The fourth-order valence-electron chi connectivity index (χ4n) is 1.88. The van der Waals surface area contributed by atoms with Gasteiger partial charge >= 0.3 is 5.97 Å². The van der Waals surface area contributed by atoms with Crippen LogP contribution >= 0.6 is 15.9 Å². The molecule has 0 aromatic heterocycles. The number of hydrogen-bond donors (Lipinski definition) is 0. The van der Waals surface area contributed by atoms with Crippen molar-refractivity contribution in [2.45, 2.75) is 0 Å². The minimum atomic E-state index is -0.778. The second-order valence-electron chi connectivity index (χ2n) is 4.50. The Morgan fingerprint density at radius 2 is 1.87 bits per heavy atom. The van der Waals surface area contributed by atoms with Crippen molar-refractivity contribution >= 4 is 39.7 Å². The maximum atomic E-state index is 14.4. The van der Waals surface area contributed by atoms with Gasteiger partial charge < -0.3 is 4.74 Å². The standard InChI is InChI=1S/C16H11BrFNO4/c1-23-16(20)14-13(17)9-6-11(15(14)18)5-2-10-3-7-12(8-4-10)19(21)22/h2-9H,1H3/b5-2+. The molecule has 0 saturated carbocycles. The lowest BCUT2D eigenvalue weighted by molar-refractivity contribution is -0.384. The predicted octanol–water partition coefficient (Wildman–Crippen LogP) is 4.45. The number of esters is 1. The van der Waals surface area contributed by atoms with Gasteiger partial charge in [-0.25, -0.2) is 9.18 Å². The van der Waals surface area contributed by atoms with Gasteiger partial charge in [0, 0.05) is 22.2 Å². The Bertz CT molecular complexity index is 787. The molecule has 118 valence electrons. The highest BCUT2D eigenvalue weighted by Gasteiger charge is 2.18. The molecule has 0 spiro atoms. The number of methoxy groups -OCH3 is 1. The average molecular weight is 380 g/mol. The molecule has 0 aliphatic rings. The molecule has 0 N–H and O–H groups in total. The molecule has 2 aromatic rings. The van der Waals surface area contributed by atoms with Crippen molar-refractivity contribution in [2.75, 3.05) is 7.11 Å². The average Bonchev–Trinajstić information content (AvgIpc) is 2.54. The molecule has 0 heterocycles. The van der Waals surface area contributed by atoms with Crippen LogP contribution in [0.3, 0.4) is 0 Å². The Balaban J connectivity index is 2.32. The summed E-state index contributed by atoms with van der Waals surface area (Å²) in [6.45, 7) is 0. The Morgan fingerprint density at radius 3 is 2.43 bits per heavy atom. The van der Waals surface area contributed by atoms with Gasteiger partial charge in [0.1, 0.15) is 11.4 Å². The number of hydrogen-bond acceptors (Lipinski definition) is 4. The molecule has 0 atom stereocenters. The van der Waals surface area contributed by atoms with Crippen LogP contribution in [0.15, 0.2) is 40.9 Å². The Labute approximate surface area is 139 Å². The van der Waals surface area contributed by atoms with Crippen molar-refractivity contribution in [1.82, 2.24) is 0 Å². The fraction of sp³-hybridized carbons (Fsp3) is 0.0625. The van der Waals surface area contributed by atoms with Crippen molar-refractivity contribution in [3.63, 3.8) is 0 Å². The van der Waals surface area contributed by atoms with Crippen LogP contribution in [-0.2, 0) is 4.74 Å². The van der Waals surface area contributed by atoms with E-state index in [1.807, 2.05) is 0 Å². The van der Waals surface area contributed by atoms with Crippen molar-refractivity contribution < 1.29 is 18.8 Å². The zero-order valence-electron chi connectivity index (χ0n) is 12.0. The van der Waals surface area contributed by atoms with E-state index in [-0.39, 0.29) is 16.8 Å². The number of benzene rings is 2. The zero-order chi connectivity index (χ0) is 17.0. The number of carbonyl (C=O) groups excluding carboxylic acids is 1. The van der Waals surface area contributed by atoms with E-state index in [1.54, 1.807) is 24.3 Å². The molecule has 0 fully saturated rings. The second kappa shape index (κ2) is 7.15.